The second-order valence-corrected chi connectivity index (χ2v) is 7.31. The lowest BCUT2D eigenvalue weighted by Gasteiger charge is -2.14. The molecule has 3 heterocycles. The Bertz CT molecular complexity index is 1230. The van der Waals surface area contributed by atoms with Gasteiger partial charge in [-0.2, -0.15) is 5.10 Å². The topological polar surface area (TPSA) is 74.2 Å². The van der Waals surface area contributed by atoms with E-state index in [1.54, 1.807) is 20.4 Å². The van der Waals surface area contributed by atoms with E-state index >= 15 is 0 Å². The van der Waals surface area contributed by atoms with Crippen molar-refractivity contribution in [1.29, 1.82) is 0 Å². The van der Waals surface area contributed by atoms with Gasteiger partial charge in [-0.1, -0.05) is 6.07 Å². The van der Waals surface area contributed by atoms with Crippen LogP contribution in [0.3, 0.4) is 0 Å². The van der Waals surface area contributed by atoms with Crippen molar-refractivity contribution >= 4 is 24.3 Å². The van der Waals surface area contributed by atoms with E-state index in [4.69, 9.17) is 14.2 Å². The molecular formula is C26H26N4O3. The van der Waals surface area contributed by atoms with Crippen molar-refractivity contribution in [2.24, 2.45) is 7.05 Å². The molecule has 0 aliphatic rings. The third kappa shape index (κ3) is 5.51. The second kappa shape index (κ2) is 10.4. The van der Waals surface area contributed by atoms with E-state index in [1.807, 2.05) is 80.0 Å². The maximum Gasteiger partial charge on any atom is 0.133 e. The lowest BCUT2D eigenvalue weighted by Crippen LogP contribution is -2.00. The van der Waals surface area contributed by atoms with E-state index in [9.17, 15) is 0 Å². The lowest BCUT2D eigenvalue weighted by molar-refractivity contribution is 0.296. The van der Waals surface area contributed by atoms with Crippen molar-refractivity contribution in [3.8, 4) is 17.2 Å². The molecule has 0 aliphatic heterocycles. The molecule has 7 heteroatoms. The summed E-state index contributed by atoms with van der Waals surface area (Å²) in [6.07, 6.45) is 11.6. The van der Waals surface area contributed by atoms with Crippen molar-refractivity contribution in [3.63, 3.8) is 0 Å². The van der Waals surface area contributed by atoms with Gasteiger partial charge in [0.05, 0.1) is 36.9 Å². The molecule has 0 aliphatic carbocycles. The molecule has 0 fully saturated rings. The fraction of sp³-hybridized carbons (Fsp3) is 0.154. The summed E-state index contributed by atoms with van der Waals surface area (Å²) in [6, 6.07) is 15.4. The van der Waals surface area contributed by atoms with Crippen molar-refractivity contribution in [2.75, 3.05) is 14.2 Å². The Morgan fingerprint density at radius 2 is 1.76 bits per heavy atom. The first-order valence-corrected chi connectivity index (χ1v) is 10.5. The van der Waals surface area contributed by atoms with Gasteiger partial charge in [-0.25, -0.2) is 0 Å². The fourth-order valence-corrected chi connectivity index (χ4v) is 3.32. The van der Waals surface area contributed by atoms with E-state index < -0.39 is 0 Å². The minimum Gasteiger partial charge on any atom is -0.496 e. The highest BCUT2D eigenvalue weighted by molar-refractivity contribution is 5.77. The molecular weight excluding hydrogens is 416 g/mol. The summed E-state index contributed by atoms with van der Waals surface area (Å²) in [7, 11) is 5.25. The fourth-order valence-electron chi connectivity index (χ4n) is 3.32. The van der Waals surface area contributed by atoms with Crippen LogP contribution in [-0.4, -0.2) is 34.0 Å². The Labute approximate surface area is 193 Å². The molecule has 0 unspecified atom stereocenters. The zero-order valence-electron chi connectivity index (χ0n) is 18.9. The van der Waals surface area contributed by atoms with Crippen molar-refractivity contribution in [2.45, 2.75) is 6.61 Å². The van der Waals surface area contributed by atoms with Crippen molar-refractivity contribution < 1.29 is 14.2 Å². The molecule has 0 saturated carbocycles. The number of ether oxygens (including phenoxy) is 3. The number of hydrogen-bond donors (Lipinski definition) is 1. The number of aromatic nitrogens is 4. The molecule has 168 valence electrons. The number of methoxy groups -OCH3 is 2. The standard InChI is InChI=1S/C26H26N4O3/c1-30-14-6-8-22(30)11-9-19-15-20(29-28-19)10-12-24-25(31-2)16-23(17-26(24)32-3)33-18-21-7-4-5-13-27-21/h4-17H,18H2,1-3H3,(H,28,29). The van der Waals surface area contributed by atoms with Crippen LogP contribution in [0, 0.1) is 0 Å². The highest BCUT2D eigenvalue weighted by atomic mass is 16.5. The molecule has 7 nitrogen and oxygen atoms in total. The first-order chi connectivity index (χ1) is 16.2. The molecule has 4 aromatic rings. The Kier molecular flexibility index (Phi) is 6.90. The van der Waals surface area contributed by atoms with Crippen LogP contribution in [0.5, 0.6) is 17.2 Å². The van der Waals surface area contributed by atoms with Crippen LogP contribution in [0.15, 0.2) is 60.9 Å². The van der Waals surface area contributed by atoms with Gasteiger partial charge in [0.1, 0.15) is 23.9 Å². The van der Waals surface area contributed by atoms with E-state index in [2.05, 4.69) is 25.8 Å². The number of hydrogen-bond acceptors (Lipinski definition) is 5. The van der Waals surface area contributed by atoms with Crippen LogP contribution >= 0.6 is 0 Å². The Morgan fingerprint density at radius 3 is 2.42 bits per heavy atom. The third-order valence-corrected chi connectivity index (χ3v) is 5.09. The summed E-state index contributed by atoms with van der Waals surface area (Å²) in [5, 5.41) is 7.40. The summed E-state index contributed by atoms with van der Waals surface area (Å²) < 4.78 is 19.1. The summed E-state index contributed by atoms with van der Waals surface area (Å²) in [5.74, 6) is 1.92. The SMILES string of the molecule is COc1cc(OCc2ccccn2)cc(OC)c1C=Cc1cc(C=Cc2cccn2C)[nH]n1. The maximum absolute atomic E-state index is 5.89. The van der Waals surface area contributed by atoms with Gasteiger partial charge < -0.3 is 18.8 Å². The second-order valence-electron chi connectivity index (χ2n) is 7.31. The number of benzene rings is 1. The van der Waals surface area contributed by atoms with Crippen molar-refractivity contribution in [3.05, 3.63) is 89.3 Å². The minimum absolute atomic E-state index is 0.356. The predicted molar refractivity (Wildman–Crippen MR) is 130 cm³/mol. The summed E-state index contributed by atoms with van der Waals surface area (Å²) in [6.45, 7) is 0.356. The summed E-state index contributed by atoms with van der Waals surface area (Å²) in [5.41, 5.74) is 4.46. The first-order valence-electron chi connectivity index (χ1n) is 10.5. The highest BCUT2D eigenvalue weighted by Crippen LogP contribution is 2.35. The smallest absolute Gasteiger partial charge is 0.133 e. The molecule has 4 rings (SSSR count). The number of nitrogens with one attached hydrogen (secondary N) is 1. The van der Waals surface area contributed by atoms with Gasteiger partial charge in [0.2, 0.25) is 0 Å². The Balaban J connectivity index is 1.50. The molecule has 0 amide bonds. The molecule has 3 aromatic heterocycles. The van der Waals surface area contributed by atoms with E-state index in [1.165, 1.54) is 0 Å². The van der Waals surface area contributed by atoms with Gasteiger partial charge in [-0.15, -0.1) is 0 Å². The Hall–Kier alpha value is -4.26. The number of rotatable bonds is 9. The van der Waals surface area contributed by atoms with Crippen LogP contribution in [0.4, 0.5) is 0 Å². The number of aromatic amines is 1. The monoisotopic (exact) mass is 442 g/mol. The molecule has 0 spiro atoms. The lowest BCUT2D eigenvalue weighted by atomic mass is 10.1. The van der Waals surface area contributed by atoms with Crippen LogP contribution in [0.1, 0.15) is 28.3 Å². The maximum atomic E-state index is 5.89. The van der Waals surface area contributed by atoms with E-state index in [0.29, 0.717) is 23.9 Å². The minimum atomic E-state index is 0.356. The van der Waals surface area contributed by atoms with Gasteiger partial charge in [0.25, 0.3) is 0 Å². The van der Waals surface area contributed by atoms with Gasteiger partial charge >= 0.3 is 0 Å². The molecule has 1 aromatic carbocycles. The summed E-state index contributed by atoms with van der Waals surface area (Å²) in [4.78, 5) is 4.28. The third-order valence-electron chi connectivity index (χ3n) is 5.09. The average Bonchev–Trinajstić information content (AvgIpc) is 3.48. The van der Waals surface area contributed by atoms with Crippen LogP contribution < -0.4 is 14.2 Å². The number of H-pyrrole nitrogens is 1. The van der Waals surface area contributed by atoms with Gasteiger partial charge in [0, 0.05) is 37.3 Å². The molecule has 33 heavy (non-hydrogen) atoms. The first kappa shape index (κ1) is 22.0. The van der Waals surface area contributed by atoms with Gasteiger partial charge in [-0.3, -0.25) is 10.1 Å². The Morgan fingerprint density at radius 1 is 0.939 bits per heavy atom. The molecule has 1 N–H and O–H groups in total. The van der Waals surface area contributed by atoms with Crippen LogP contribution in [-0.2, 0) is 13.7 Å². The van der Waals surface area contributed by atoms with E-state index in [-0.39, 0.29) is 0 Å². The quantitative estimate of drug-likeness (QED) is 0.391. The summed E-state index contributed by atoms with van der Waals surface area (Å²) >= 11 is 0. The highest BCUT2D eigenvalue weighted by Gasteiger charge is 2.12. The normalized spacial score (nSPS) is 11.4. The number of nitrogens with zero attached hydrogens (tertiary/aromatic N) is 3. The predicted octanol–water partition coefficient (Wildman–Crippen LogP) is 5.08. The zero-order chi connectivity index (χ0) is 23.0. The number of aryl methyl sites for hydroxylation is 1. The molecule has 0 atom stereocenters. The van der Waals surface area contributed by atoms with Crippen LogP contribution in [0.25, 0.3) is 24.3 Å². The number of pyridine rings is 1. The average molecular weight is 443 g/mol. The molecule has 0 saturated heterocycles. The largest absolute Gasteiger partial charge is 0.496 e. The van der Waals surface area contributed by atoms with Crippen molar-refractivity contribution in [1.82, 2.24) is 19.7 Å². The van der Waals surface area contributed by atoms with E-state index in [0.717, 1.165) is 28.3 Å². The molecule has 0 radical (unpaired) electrons. The van der Waals surface area contributed by atoms with Gasteiger partial charge in [0.15, 0.2) is 0 Å². The van der Waals surface area contributed by atoms with Crippen LogP contribution in [0.2, 0.25) is 0 Å². The molecule has 0 bridgehead atoms. The zero-order valence-corrected chi connectivity index (χ0v) is 18.9. The van der Waals surface area contributed by atoms with Gasteiger partial charge in [-0.05, 0) is 54.6 Å².